The molecule has 0 aliphatic carbocycles. The summed E-state index contributed by atoms with van der Waals surface area (Å²) in [6.07, 6.45) is 1.85. The van der Waals surface area contributed by atoms with E-state index in [1.54, 1.807) is 16.7 Å². The molecule has 0 saturated carbocycles. The molecule has 1 aromatic rings. The number of rotatable bonds is 5. The first-order chi connectivity index (χ1) is 17.3. The van der Waals surface area contributed by atoms with Crippen molar-refractivity contribution in [3.05, 3.63) is 33.3 Å². The van der Waals surface area contributed by atoms with Gasteiger partial charge in [-0.1, -0.05) is 23.2 Å². The van der Waals surface area contributed by atoms with Gasteiger partial charge in [-0.15, -0.1) is 23.5 Å². The van der Waals surface area contributed by atoms with Gasteiger partial charge in [0.2, 0.25) is 17.7 Å². The van der Waals surface area contributed by atoms with Gasteiger partial charge in [0.15, 0.2) is 0 Å². The van der Waals surface area contributed by atoms with E-state index in [0.29, 0.717) is 23.3 Å². The van der Waals surface area contributed by atoms with Crippen molar-refractivity contribution in [2.45, 2.75) is 31.3 Å². The summed E-state index contributed by atoms with van der Waals surface area (Å²) in [5, 5.41) is 0.345. The highest BCUT2D eigenvalue weighted by atomic mass is 35.5. The number of carbonyl (C=O) groups is 5. The SMILES string of the molecule is O=C([C@@H]1CSCN1C(=O)[C@@H]1CSCN1C(=O)CCN1C(=O)c2cc(Cl)c(Cl)cc2C1=O)N1CCCC1. The fourth-order valence-electron chi connectivity index (χ4n) is 4.94. The number of hydrogen-bond donors (Lipinski definition) is 0. The van der Waals surface area contributed by atoms with Crippen LogP contribution >= 0.6 is 46.7 Å². The molecule has 0 radical (unpaired) electrons. The lowest BCUT2D eigenvalue weighted by molar-refractivity contribution is -0.148. The minimum atomic E-state index is -0.671. The lowest BCUT2D eigenvalue weighted by Crippen LogP contribution is -2.54. The summed E-state index contributed by atoms with van der Waals surface area (Å²) in [4.78, 5) is 71.0. The number of imide groups is 1. The Bertz CT molecular complexity index is 1100. The van der Waals surface area contributed by atoms with E-state index in [9.17, 15) is 24.0 Å². The third kappa shape index (κ3) is 4.59. The zero-order valence-electron chi connectivity index (χ0n) is 19.3. The van der Waals surface area contributed by atoms with Crippen LogP contribution in [0.1, 0.15) is 40.0 Å². The quantitative estimate of drug-likeness (QED) is 0.501. The van der Waals surface area contributed by atoms with E-state index in [1.807, 2.05) is 4.90 Å². The summed E-state index contributed by atoms with van der Waals surface area (Å²) in [5.41, 5.74) is 0.318. The first-order valence-corrected chi connectivity index (χ1v) is 14.7. The van der Waals surface area contributed by atoms with Gasteiger partial charge in [0.05, 0.1) is 32.9 Å². The van der Waals surface area contributed by atoms with Crippen LogP contribution in [-0.4, -0.2) is 104 Å². The molecule has 1 aromatic carbocycles. The maximum Gasteiger partial charge on any atom is 0.261 e. The number of benzene rings is 1. The first kappa shape index (κ1) is 25.7. The Hall–Kier alpha value is -1.95. The van der Waals surface area contributed by atoms with Gasteiger partial charge in [-0.25, -0.2) is 0 Å². The van der Waals surface area contributed by atoms with E-state index in [1.165, 1.54) is 28.8 Å². The Balaban J connectivity index is 1.23. The van der Waals surface area contributed by atoms with Gasteiger partial charge in [-0.05, 0) is 25.0 Å². The molecule has 13 heteroatoms. The molecular formula is C23H24Cl2N4O5S2. The van der Waals surface area contributed by atoms with Crippen LogP contribution < -0.4 is 0 Å². The van der Waals surface area contributed by atoms with Gasteiger partial charge in [0.1, 0.15) is 12.1 Å². The summed E-state index contributed by atoms with van der Waals surface area (Å²) >= 11 is 15.0. The summed E-state index contributed by atoms with van der Waals surface area (Å²) in [6, 6.07) is 1.55. The third-order valence-corrected chi connectivity index (χ3v) is 9.66. The van der Waals surface area contributed by atoms with Crippen LogP contribution in [0.3, 0.4) is 0 Å². The van der Waals surface area contributed by atoms with Gasteiger partial charge in [-0.2, -0.15) is 0 Å². The van der Waals surface area contributed by atoms with E-state index in [0.717, 1.165) is 30.8 Å². The standard InChI is InChI=1S/C23H24Cl2N4O5S2/c24-15-7-13-14(8-16(15)25)21(32)27(20(13)31)6-3-19(30)28-11-35-10-18(28)23(34)29-12-36-9-17(29)22(33)26-4-1-2-5-26/h7-8,17-18H,1-6,9-12H2/t17-,18-/m0/s1. The van der Waals surface area contributed by atoms with Crippen LogP contribution in [0.15, 0.2) is 12.1 Å². The highest BCUT2D eigenvalue weighted by Gasteiger charge is 2.44. The maximum atomic E-state index is 13.5. The van der Waals surface area contributed by atoms with Gasteiger partial charge in [0, 0.05) is 37.6 Å². The molecule has 0 bridgehead atoms. The van der Waals surface area contributed by atoms with Gasteiger partial charge in [-0.3, -0.25) is 28.9 Å². The molecule has 0 spiro atoms. The number of hydrogen-bond acceptors (Lipinski definition) is 7. The van der Waals surface area contributed by atoms with Crippen molar-refractivity contribution in [3.8, 4) is 0 Å². The van der Waals surface area contributed by atoms with Gasteiger partial charge >= 0.3 is 0 Å². The first-order valence-electron chi connectivity index (χ1n) is 11.7. The summed E-state index contributed by atoms with van der Waals surface area (Å²) < 4.78 is 0. The highest BCUT2D eigenvalue weighted by molar-refractivity contribution is 7.99. The zero-order valence-corrected chi connectivity index (χ0v) is 22.4. The molecule has 0 aromatic heterocycles. The fraction of sp³-hybridized carbons (Fsp3) is 0.522. The molecule has 4 aliphatic heterocycles. The minimum Gasteiger partial charge on any atom is -0.341 e. The second-order valence-electron chi connectivity index (χ2n) is 9.06. The Morgan fingerprint density at radius 2 is 1.36 bits per heavy atom. The summed E-state index contributed by atoms with van der Waals surface area (Å²) in [5.74, 6) is 0.162. The van der Waals surface area contributed by atoms with Crippen molar-refractivity contribution in [3.63, 3.8) is 0 Å². The van der Waals surface area contributed by atoms with Crippen LogP contribution in [0.5, 0.6) is 0 Å². The van der Waals surface area contributed by atoms with E-state index < -0.39 is 23.9 Å². The molecule has 192 valence electrons. The number of amides is 5. The number of carbonyl (C=O) groups excluding carboxylic acids is 5. The molecule has 9 nitrogen and oxygen atoms in total. The summed E-state index contributed by atoms with van der Waals surface area (Å²) in [7, 11) is 0. The molecule has 4 aliphatic rings. The molecule has 3 fully saturated rings. The van der Waals surface area contributed by atoms with Crippen LogP contribution in [0.4, 0.5) is 0 Å². The van der Waals surface area contributed by atoms with Crippen molar-refractivity contribution < 1.29 is 24.0 Å². The van der Waals surface area contributed by atoms with Gasteiger partial charge in [0.25, 0.3) is 11.8 Å². The Morgan fingerprint density at radius 1 is 0.833 bits per heavy atom. The molecule has 4 heterocycles. The van der Waals surface area contributed by atoms with Crippen molar-refractivity contribution in [1.82, 2.24) is 19.6 Å². The number of nitrogens with zero attached hydrogens (tertiary/aromatic N) is 4. The third-order valence-electron chi connectivity index (χ3n) is 6.92. The van der Waals surface area contributed by atoms with Crippen LogP contribution in [0.2, 0.25) is 10.0 Å². The second kappa shape index (κ2) is 10.4. The lowest BCUT2D eigenvalue weighted by atomic mass is 10.1. The maximum absolute atomic E-state index is 13.5. The number of halogens is 2. The van der Waals surface area contributed by atoms with E-state index >= 15 is 0 Å². The minimum absolute atomic E-state index is 0.0137. The molecule has 5 amide bonds. The van der Waals surface area contributed by atoms with E-state index in [2.05, 4.69) is 0 Å². The molecule has 36 heavy (non-hydrogen) atoms. The zero-order chi connectivity index (χ0) is 25.6. The Morgan fingerprint density at radius 3 is 1.94 bits per heavy atom. The van der Waals surface area contributed by atoms with Gasteiger partial charge < -0.3 is 14.7 Å². The number of likely N-dealkylation sites (tertiary alicyclic amines) is 1. The number of fused-ring (bicyclic) bond motifs is 1. The fourth-order valence-corrected chi connectivity index (χ4v) is 7.59. The topological polar surface area (TPSA) is 98.3 Å². The van der Waals surface area contributed by atoms with Crippen molar-refractivity contribution in [2.24, 2.45) is 0 Å². The van der Waals surface area contributed by atoms with Crippen molar-refractivity contribution in [1.29, 1.82) is 0 Å². The predicted molar refractivity (Wildman–Crippen MR) is 138 cm³/mol. The largest absolute Gasteiger partial charge is 0.341 e. The van der Waals surface area contributed by atoms with Crippen LogP contribution in [0, 0.1) is 0 Å². The van der Waals surface area contributed by atoms with E-state index in [4.69, 9.17) is 23.2 Å². The molecule has 5 rings (SSSR count). The molecule has 0 N–H and O–H groups in total. The summed E-state index contributed by atoms with van der Waals surface area (Å²) in [6.45, 7) is 1.34. The van der Waals surface area contributed by atoms with E-state index in [-0.39, 0.29) is 51.9 Å². The normalized spacial score (nSPS) is 23.7. The van der Waals surface area contributed by atoms with Crippen molar-refractivity contribution in [2.75, 3.05) is 42.9 Å². The monoisotopic (exact) mass is 570 g/mol. The van der Waals surface area contributed by atoms with Crippen LogP contribution in [0.25, 0.3) is 0 Å². The lowest BCUT2D eigenvalue weighted by Gasteiger charge is -2.31. The highest BCUT2D eigenvalue weighted by Crippen LogP contribution is 2.32. The molecular weight excluding hydrogens is 547 g/mol. The predicted octanol–water partition coefficient (Wildman–Crippen LogP) is 2.40. The van der Waals surface area contributed by atoms with Crippen molar-refractivity contribution >= 4 is 76.3 Å². The number of thioether (sulfide) groups is 2. The smallest absolute Gasteiger partial charge is 0.261 e. The second-order valence-corrected chi connectivity index (χ2v) is 11.9. The average molecular weight is 572 g/mol. The Labute approximate surface area is 226 Å². The van der Waals surface area contributed by atoms with Crippen LogP contribution in [-0.2, 0) is 14.4 Å². The average Bonchev–Trinajstić information content (AvgIpc) is 3.67. The Kier molecular flexibility index (Phi) is 7.44. The molecule has 2 atom stereocenters. The molecule has 0 unspecified atom stereocenters. The molecule has 3 saturated heterocycles.